The molecule has 1 unspecified atom stereocenters. The van der Waals surface area contributed by atoms with E-state index in [1.807, 2.05) is 24.3 Å². The Hall–Kier alpha value is -2.25. The molecule has 27 heavy (non-hydrogen) atoms. The number of aliphatic imine (C=N–C) groups is 1. The third-order valence-electron chi connectivity index (χ3n) is 3.98. The van der Waals surface area contributed by atoms with Crippen molar-refractivity contribution in [3.63, 3.8) is 0 Å². The maximum atomic E-state index is 5.75. The Bertz CT molecular complexity index is 672. The Balaban J connectivity index is 1.83. The van der Waals surface area contributed by atoms with Crippen LogP contribution in [0.3, 0.4) is 0 Å². The molecule has 1 aromatic carbocycles. The summed E-state index contributed by atoms with van der Waals surface area (Å²) in [5.41, 5.74) is 0. The fourth-order valence-corrected chi connectivity index (χ4v) is 3.43. The lowest BCUT2D eigenvalue weighted by Gasteiger charge is -2.22. The first-order valence-electron chi connectivity index (χ1n) is 9.13. The summed E-state index contributed by atoms with van der Waals surface area (Å²) in [7, 11) is 5.83. The zero-order chi connectivity index (χ0) is 19.5. The Labute approximate surface area is 166 Å². The Kier molecular flexibility index (Phi) is 8.94. The van der Waals surface area contributed by atoms with Crippen molar-refractivity contribution in [2.24, 2.45) is 4.99 Å². The second-order valence-electron chi connectivity index (χ2n) is 6.17. The molecule has 7 heteroatoms. The van der Waals surface area contributed by atoms with E-state index in [0.717, 1.165) is 24.0 Å². The highest BCUT2D eigenvalue weighted by Crippen LogP contribution is 2.23. The van der Waals surface area contributed by atoms with Gasteiger partial charge < -0.3 is 25.0 Å². The average Bonchev–Trinajstić information content (AvgIpc) is 3.19. The molecule has 0 radical (unpaired) electrons. The molecule has 1 atom stereocenters. The number of likely N-dealkylation sites (N-methyl/N-ethyl adjacent to an activating group) is 1. The molecular formula is C20H30N4O2S. The number of benzene rings is 1. The summed E-state index contributed by atoms with van der Waals surface area (Å²) in [6.45, 7) is 4.80. The van der Waals surface area contributed by atoms with Crippen molar-refractivity contribution >= 4 is 17.3 Å². The van der Waals surface area contributed by atoms with Gasteiger partial charge in [-0.25, -0.2) is 0 Å². The molecule has 148 valence electrons. The van der Waals surface area contributed by atoms with Crippen LogP contribution in [0.2, 0.25) is 0 Å². The summed E-state index contributed by atoms with van der Waals surface area (Å²) in [6, 6.07) is 12.1. The van der Waals surface area contributed by atoms with E-state index >= 15 is 0 Å². The topological polar surface area (TPSA) is 58.1 Å². The first-order valence-corrected chi connectivity index (χ1v) is 10.0. The van der Waals surface area contributed by atoms with Gasteiger partial charge in [0.25, 0.3) is 0 Å². The summed E-state index contributed by atoms with van der Waals surface area (Å²) in [5.74, 6) is 2.45. The summed E-state index contributed by atoms with van der Waals surface area (Å²) in [4.78, 5) is 8.27. The van der Waals surface area contributed by atoms with Crippen LogP contribution in [0.25, 0.3) is 0 Å². The largest absolute Gasteiger partial charge is 0.497 e. The summed E-state index contributed by atoms with van der Waals surface area (Å²) in [5, 5.41) is 8.72. The molecule has 2 rings (SSSR count). The van der Waals surface area contributed by atoms with Crippen LogP contribution in [0, 0.1) is 0 Å². The van der Waals surface area contributed by atoms with Crippen LogP contribution >= 0.6 is 11.3 Å². The van der Waals surface area contributed by atoms with Gasteiger partial charge in [0.1, 0.15) is 18.1 Å². The summed E-state index contributed by atoms with van der Waals surface area (Å²) >= 11 is 1.77. The molecule has 2 N–H and O–H groups in total. The van der Waals surface area contributed by atoms with Crippen molar-refractivity contribution < 1.29 is 9.47 Å². The highest BCUT2D eigenvalue weighted by Gasteiger charge is 2.14. The quantitative estimate of drug-likeness (QED) is 0.371. The van der Waals surface area contributed by atoms with Crippen LogP contribution < -0.4 is 20.1 Å². The van der Waals surface area contributed by atoms with Gasteiger partial charge in [-0.1, -0.05) is 6.07 Å². The van der Waals surface area contributed by atoms with Gasteiger partial charge in [0.05, 0.1) is 26.2 Å². The van der Waals surface area contributed by atoms with Gasteiger partial charge in [-0.15, -0.1) is 11.3 Å². The SMILES string of the molecule is CCNC(=NCC(c1cccs1)N(C)C)NCCOc1ccc(OC)cc1. The molecule has 0 fully saturated rings. The number of hydrogen-bond acceptors (Lipinski definition) is 5. The zero-order valence-electron chi connectivity index (χ0n) is 16.6. The Morgan fingerprint density at radius 1 is 1.15 bits per heavy atom. The molecule has 0 bridgehead atoms. The predicted molar refractivity (Wildman–Crippen MR) is 113 cm³/mol. The van der Waals surface area contributed by atoms with E-state index in [4.69, 9.17) is 14.5 Å². The van der Waals surface area contributed by atoms with E-state index in [2.05, 4.69) is 54.1 Å². The van der Waals surface area contributed by atoms with Crippen LogP contribution in [0.5, 0.6) is 11.5 Å². The van der Waals surface area contributed by atoms with Crippen molar-refractivity contribution in [1.29, 1.82) is 0 Å². The number of hydrogen-bond donors (Lipinski definition) is 2. The fraction of sp³-hybridized carbons (Fsp3) is 0.450. The lowest BCUT2D eigenvalue weighted by Crippen LogP contribution is -2.40. The number of thiophene rings is 1. The number of methoxy groups -OCH3 is 1. The van der Waals surface area contributed by atoms with E-state index in [1.54, 1.807) is 18.4 Å². The Morgan fingerprint density at radius 3 is 2.48 bits per heavy atom. The number of guanidine groups is 1. The minimum absolute atomic E-state index is 0.274. The van der Waals surface area contributed by atoms with Crippen molar-refractivity contribution in [1.82, 2.24) is 15.5 Å². The molecule has 1 heterocycles. The third kappa shape index (κ3) is 7.11. The molecule has 0 amide bonds. The van der Waals surface area contributed by atoms with Gasteiger partial charge in [-0.3, -0.25) is 4.99 Å². The summed E-state index contributed by atoms with van der Waals surface area (Å²) in [6.07, 6.45) is 0. The van der Waals surface area contributed by atoms with E-state index in [-0.39, 0.29) is 6.04 Å². The predicted octanol–water partition coefficient (Wildman–Crippen LogP) is 2.99. The van der Waals surface area contributed by atoms with Crippen LogP contribution in [-0.2, 0) is 0 Å². The van der Waals surface area contributed by atoms with Gasteiger partial charge in [0.15, 0.2) is 5.96 Å². The highest BCUT2D eigenvalue weighted by atomic mass is 32.1. The van der Waals surface area contributed by atoms with Gasteiger partial charge in [-0.2, -0.15) is 0 Å². The third-order valence-corrected chi connectivity index (χ3v) is 4.96. The van der Waals surface area contributed by atoms with E-state index in [1.165, 1.54) is 4.88 Å². The average molecular weight is 391 g/mol. The zero-order valence-corrected chi connectivity index (χ0v) is 17.4. The smallest absolute Gasteiger partial charge is 0.191 e. The molecular weight excluding hydrogens is 360 g/mol. The maximum absolute atomic E-state index is 5.75. The van der Waals surface area contributed by atoms with Crippen LogP contribution in [0.1, 0.15) is 17.8 Å². The van der Waals surface area contributed by atoms with Gasteiger partial charge >= 0.3 is 0 Å². The van der Waals surface area contributed by atoms with E-state index in [0.29, 0.717) is 19.7 Å². The monoisotopic (exact) mass is 390 g/mol. The highest BCUT2D eigenvalue weighted by molar-refractivity contribution is 7.10. The second-order valence-corrected chi connectivity index (χ2v) is 7.14. The van der Waals surface area contributed by atoms with Gasteiger partial charge in [0, 0.05) is 11.4 Å². The minimum atomic E-state index is 0.274. The molecule has 0 saturated heterocycles. The molecule has 1 aromatic heterocycles. The first-order chi connectivity index (χ1) is 13.1. The molecule has 0 spiro atoms. The normalized spacial score (nSPS) is 12.7. The van der Waals surface area contributed by atoms with Crippen molar-refractivity contribution in [3.05, 3.63) is 46.7 Å². The maximum Gasteiger partial charge on any atom is 0.191 e. The van der Waals surface area contributed by atoms with Crippen molar-refractivity contribution in [2.75, 3.05) is 47.4 Å². The first kappa shape index (κ1) is 21.1. The lowest BCUT2D eigenvalue weighted by molar-refractivity contribution is 0.309. The molecule has 6 nitrogen and oxygen atoms in total. The molecule has 0 aliphatic heterocycles. The van der Waals surface area contributed by atoms with Gasteiger partial charge in [-0.05, 0) is 56.7 Å². The number of rotatable bonds is 10. The molecule has 0 saturated carbocycles. The van der Waals surface area contributed by atoms with Crippen LogP contribution in [0.4, 0.5) is 0 Å². The Morgan fingerprint density at radius 2 is 1.89 bits per heavy atom. The molecule has 0 aliphatic rings. The lowest BCUT2D eigenvalue weighted by atomic mass is 10.2. The van der Waals surface area contributed by atoms with Crippen LogP contribution in [-0.4, -0.2) is 58.3 Å². The fourth-order valence-electron chi connectivity index (χ4n) is 2.52. The van der Waals surface area contributed by atoms with Gasteiger partial charge in [0.2, 0.25) is 0 Å². The number of nitrogens with one attached hydrogen (secondary N) is 2. The van der Waals surface area contributed by atoms with Crippen molar-refractivity contribution in [3.8, 4) is 11.5 Å². The standard InChI is InChI=1S/C20H30N4O2S/c1-5-21-20(23-15-18(24(2)3)19-7-6-14-27-19)22-12-13-26-17-10-8-16(25-4)9-11-17/h6-11,14,18H,5,12-13,15H2,1-4H3,(H2,21,22,23). The summed E-state index contributed by atoms with van der Waals surface area (Å²) < 4.78 is 10.9. The molecule has 2 aromatic rings. The van der Waals surface area contributed by atoms with Crippen LogP contribution in [0.15, 0.2) is 46.8 Å². The van der Waals surface area contributed by atoms with E-state index < -0.39 is 0 Å². The molecule has 0 aliphatic carbocycles. The second kappa shape index (κ2) is 11.5. The number of ether oxygens (including phenoxy) is 2. The van der Waals surface area contributed by atoms with E-state index in [9.17, 15) is 0 Å². The number of nitrogens with zero attached hydrogens (tertiary/aromatic N) is 2. The van der Waals surface area contributed by atoms with Crippen molar-refractivity contribution in [2.45, 2.75) is 13.0 Å². The minimum Gasteiger partial charge on any atom is -0.497 e.